The smallest absolute Gasteiger partial charge is 0.239 e. The molecule has 0 aliphatic carbocycles. The zero-order valence-electron chi connectivity index (χ0n) is 10.6. The normalized spacial score (nSPS) is 31.9. The predicted molar refractivity (Wildman–Crippen MR) is 65.6 cm³/mol. The molecule has 17 heavy (non-hydrogen) atoms. The van der Waals surface area contributed by atoms with Gasteiger partial charge in [-0.2, -0.15) is 0 Å². The average Bonchev–Trinajstić information content (AvgIpc) is 2.35. The lowest BCUT2D eigenvalue weighted by Crippen LogP contribution is -2.54. The highest BCUT2D eigenvalue weighted by Gasteiger charge is 2.29. The molecular formula is C12H23N3O2. The van der Waals surface area contributed by atoms with Gasteiger partial charge in [0.05, 0.1) is 18.8 Å². The summed E-state index contributed by atoms with van der Waals surface area (Å²) in [5, 5.41) is 0. The topological polar surface area (TPSA) is 58.8 Å². The van der Waals surface area contributed by atoms with Crippen molar-refractivity contribution >= 4 is 5.91 Å². The van der Waals surface area contributed by atoms with Crippen LogP contribution in [-0.4, -0.2) is 67.2 Å². The summed E-state index contributed by atoms with van der Waals surface area (Å²) in [6.07, 6.45) is 1.98. The standard InChI is InChI=1S/C12H23N3O2/c1-2-14-6-7-17-10(8-14)9-15-5-3-4-11(13)12(15)16/h10-11H,2-9,13H2,1H3. The highest BCUT2D eigenvalue weighted by Crippen LogP contribution is 2.13. The molecule has 2 aliphatic heterocycles. The molecule has 0 aromatic rings. The van der Waals surface area contributed by atoms with Crippen LogP contribution in [0.1, 0.15) is 19.8 Å². The van der Waals surface area contributed by atoms with E-state index in [4.69, 9.17) is 10.5 Å². The Labute approximate surface area is 103 Å². The van der Waals surface area contributed by atoms with Gasteiger partial charge in [0.2, 0.25) is 5.91 Å². The third-order valence-electron chi connectivity index (χ3n) is 3.67. The van der Waals surface area contributed by atoms with Crippen molar-refractivity contribution in [1.29, 1.82) is 0 Å². The molecule has 98 valence electrons. The van der Waals surface area contributed by atoms with E-state index in [1.807, 2.05) is 4.90 Å². The van der Waals surface area contributed by atoms with E-state index in [-0.39, 0.29) is 18.1 Å². The maximum Gasteiger partial charge on any atom is 0.239 e. The van der Waals surface area contributed by atoms with Gasteiger partial charge in [-0.3, -0.25) is 9.69 Å². The lowest BCUT2D eigenvalue weighted by molar-refractivity contribution is -0.138. The number of likely N-dealkylation sites (N-methyl/N-ethyl adjacent to an activating group) is 1. The summed E-state index contributed by atoms with van der Waals surface area (Å²) in [4.78, 5) is 16.1. The van der Waals surface area contributed by atoms with Crippen LogP contribution in [0, 0.1) is 0 Å². The van der Waals surface area contributed by atoms with Crippen LogP contribution in [0.25, 0.3) is 0 Å². The molecule has 2 heterocycles. The highest BCUT2D eigenvalue weighted by molar-refractivity contribution is 5.82. The summed E-state index contributed by atoms with van der Waals surface area (Å²) in [6.45, 7) is 7.43. The second kappa shape index (κ2) is 5.80. The van der Waals surface area contributed by atoms with Crippen LogP contribution in [0.15, 0.2) is 0 Å². The SMILES string of the molecule is CCN1CCOC(CN2CCCC(N)C2=O)C1. The molecule has 2 saturated heterocycles. The van der Waals surface area contributed by atoms with Gasteiger partial charge in [-0.15, -0.1) is 0 Å². The molecule has 0 bridgehead atoms. The first-order chi connectivity index (χ1) is 8.20. The number of amides is 1. The molecule has 2 N–H and O–H groups in total. The third kappa shape index (κ3) is 3.18. The van der Waals surface area contributed by atoms with E-state index in [9.17, 15) is 4.79 Å². The van der Waals surface area contributed by atoms with Crippen LogP contribution in [0.5, 0.6) is 0 Å². The lowest BCUT2D eigenvalue weighted by atomic mass is 10.1. The number of carbonyl (C=O) groups excluding carboxylic acids is 1. The van der Waals surface area contributed by atoms with E-state index >= 15 is 0 Å². The van der Waals surface area contributed by atoms with Crippen molar-refractivity contribution < 1.29 is 9.53 Å². The molecule has 2 unspecified atom stereocenters. The van der Waals surface area contributed by atoms with Gasteiger partial charge >= 0.3 is 0 Å². The Hall–Kier alpha value is -0.650. The van der Waals surface area contributed by atoms with Crippen molar-refractivity contribution in [2.24, 2.45) is 5.73 Å². The summed E-state index contributed by atoms with van der Waals surface area (Å²) in [5.74, 6) is 0.0912. The monoisotopic (exact) mass is 241 g/mol. The van der Waals surface area contributed by atoms with Crippen molar-refractivity contribution in [3.63, 3.8) is 0 Å². The Kier molecular flexibility index (Phi) is 4.36. The maximum absolute atomic E-state index is 11.9. The number of likely N-dealkylation sites (tertiary alicyclic amines) is 1. The first-order valence-corrected chi connectivity index (χ1v) is 6.59. The van der Waals surface area contributed by atoms with Gasteiger partial charge in [-0.25, -0.2) is 0 Å². The van der Waals surface area contributed by atoms with E-state index in [0.29, 0.717) is 6.54 Å². The predicted octanol–water partition coefficient (Wildman–Crippen LogP) is -0.343. The average molecular weight is 241 g/mol. The van der Waals surface area contributed by atoms with Gasteiger partial charge in [-0.05, 0) is 19.4 Å². The van der Waals surface area contributed by atoms with Crippen LogP contribution in [0.3, 0.4) is 0 Å². The number of hydrogen-bond donors (Lipinski definition) is 1. The molecular weight excluding hydrogens is 218 g/mol. The summed E-state index contributed by atoms with van der Waals surface area (Å²) < 4.78 is 5.72. The van der Waals surface area contributed by atoms with Crippen LogP contribution < -0.4 is 5.73 Å². The number of nitrogens with zero attached hydrogens (tertiary/aromatic N) is 2. The van der Waals surface area contributed by atoms with Crippen LogP contribution in [0.2, 0.25) is 0 Å². The minimum absolute atomic E-state index is 0.0912. The summed E-state index contributed by atoms with van der Waals surface area (Å²) in [7, 11) is 0. The van der Waals surface area contributed by atoms with E-state index in [0.717, 1.165) is 45.6 Å². The number of carbonyl (C=O) groups is 1. The van der Waals surface area contributed by atoms with Gasteiger partial charge in [0.15, 0.2) is 0 Å². The fraction of sp³-hybridized carbons (Fsp3) is 0.917. The van der Waals surface area contributed by atoms with E-state index in [1.165, 1.54) is 0 Å². The minimum atomic E-state index is -0.297. The first-order valence-electron chi connectivity index (χ1n) is 6.59. The molecule has 0 spiro atoms. The first kappa shape index (κ1) is 12.8. The second-order valence-electron chi connectivity index (χ2n) is 4.92. The highest BCUT2D eigenvalue weighted by atomic mass is 16.5. The Morgan fingerprint density at radius 3 is 3.06 bits per heavy atom. The largest absolute Gasteiger partial charge is 0.374 e. The number of piperidine rings is 1. The summed E-state index contributed by atoms with van der Waals surface area (Å²) in [6, 6.07) is -0.297. The van der Waals surface area contributed by atoms with Gasteiger partial charge < -0.3 is 15.4 Å². The van der Waals surface area contributed by atoms with Crippen LogP contribution in [0.4, 0.5) is 0 Å². The Morgan fingerprint density at radius 2 is 2.29 bits per heavy atom. The number of hydrogen-bond acceptors (Lipinski definition) is 4. The molecule has 0 aromatic carbocycles. The van der Waals surface area contributed by atoms with Crippen molar-refractivity contribution in [1.82, 2.24) is 9.80 Å². The number of rotatable bonds is 3. The number of ether oxygens (including phenoxy) is 1. The number of nitrogens with two attached hydrogens (primary N) is 1. The zero-order chi connectivity index (χ0) is 12.3. The lowest BCUT2D eigenvalue weighted by Gasteiger charge is -2.37. The molecule has 0 aromatic heterocycles. The number of morpholine rings is 1. The second-order valence-corrected chi connectivity index (χ2v) is 4.92. The van der Waals surface area contributed by atoms with Gasteiger partial charge in [0.25, 0.3) is 0 Å². The summed E-state index contributed by atoms with van der Waals surface area (Å²) >= 11 is 0. The Morgan fingerprint density at radius 1 is 1.47 bits per heavy atom. The van der Waals surface area contributed by atoms with Crippen LogP contribution >= 0.6 is 0 Å². The van der Waals surface area contributed by atoms with Gasteiger partial charge in [0.1, 0.15) is 0 Å². The van der Waals surface area contributed by atoms with Crippen molar-refractivity contribution in [3.8, 4) is 0 Å². The van der Waals surface area contributed by atoms with Gasteiger partial charge in [-0.1, -0.05) is 6.92 Å². The molecule has 0 radical (unpaired) electrons. The zero-order valence-corrected chi connectivity index (χ0v) is 10.6. The molecule has 2 rings (SSSR count). The summed E-state index contributed by atoms with van der Waals surface area (Å²) in [5.41, 5.74) is 5.78. The van der Waals surface area contributed by atoms with E-state index in [1.54, 1.807) is 0 Å². The molecule has 1 amide bonds. The van der Waals surface area contributed by atoms with Gasteiger partial charge in [0, 0.05) is 26.2 Å². The Bertz CT molecular complexity index is 272. The molecule has 2 aliphatic rings. The van der Waals surface area contributed by atoms with E-state index < -0.39 is 0 Å². The molecule has 2 fully saturated rings. The fourth-order valence-electron chi connectivity index (χ4n) is 2.58. The van der Waals surface area contributed by atoms with E-state index in [2.05, 4.69) is 11.8 Å². The Balaban J connectivity index is 1.85. The minimum Gasteiger partial charge on any atom is -0.374 e. The van der Waals surface area contributed by atoms with Crippen LogP contribution in [-0.2, 0) is 9.53 Å². The quantitative estimate of drug-likeness (QED) is 0.734. The third-order valence-corrected chi connectivity index (χ3v) is 3.67. The molecule has 0 saturated carbocycles. The molecule has 5 heteroatoms. The van der Waals surface area contributed by atoms with Crippen molar-refractivity contribution in [2.45, 2.75) is 31.9 Å². The molecule has 5 nitrogen and oxygen atoms in total. The van der Waals surface area contributed by atoms with Crippen molar-refractivity contribution in [2.75, 3.05) is 39.3 Å². The molecule has 2 atom stereocenters. The van der Waals surface area contributed by atoms with Crippen molar-refractivity contribution in [3.05, 3.63) is 0 Å². The maximum atomic E-state index is 11.9. The fourth-order valence-corrected chi connectivity index (χ4v) is 2.58.